The second kappa shape index (κ2) is 5.17. The third-order valence-electron chi connectivity index (χ3n) is 4.82. The number of aromatic nitrogens is 1. The van der Waals surface area contributed by atoms with Gasteiger partial charge in [0.1, 0.15) is 0 Å². The molecule has 1 aromatic heterocycles. The summed E-state index contributed by atoms with van der Waals surface area (Å²) < 4.78 is 0. The van der Waals surface area contributed by atoms with E-state index in [1.54, 1.807) is 0 Å². The van der Waals surface area contributed by atoms with Crippen LogP contribution in [-0.2, 0) is 6.54 Å². The Hall–Kier alpha value is -1.41. The van der Waals surface area contributed by atoms with Crippen LogP contribution in [0.25, 0.3) is 10.9 Å². The molecule has 0 saturated heterocycles. The minimum absolute atomic E-state index is 0.579. The van der Waals surface area contributed by atoms with E-state index in [9.17, 15) is 0 Å². The molecule has 20 heavy (non-hydrogen) atoms. The highest BCUT2D eigenvalue weighted by Gasteiger charge is 2.44. The maximum atomic E-state index is 4.55. The summed E-state index contributed by atoms with van der Waals surface area (Å²) in [4.78, 5) is 4.55. The third-order valence-corrected chi connectivity index (χ3v) is 4.82. The predicted octanol–water partition coefficient (Wildman–Crippen LogP) is 4.07. The molecule has 106 valence electrons. The van der Waals surface area contributed by atoms with E-state index < -0.39 is 0 Å². The minimum Gasteiger partial charge on any atom is -0.312 e. The first-order chi connectivity index (χ1) is 9.59. The summed E-state index contributed by atoms with van der Waals surface area (Å²) in [6.45, 7) is 8.83. The van der Waals surface area contributed by atoms with Gasteiger partial charge in [0.05, 0.1) is 5.52 Å². The van der Waals surface area contributed by atoms with Crippen LogP contribution in [0, 0.1) is 18.3 Å². The highest BCUT2D eigenvalue weighted by Crippen LogP contribution is 2.51. The molecule has 0 spiro atoms. The molecule has 1 heterocycles. The number of aryl methyl sites for hydroxylation is 1. The maximum Gasteiger partial charge on any atom is 0.0705 e. The van der Waals surface area contributed by atoms with Crippen molar-refractivity contribution in [3.05, 3.63) is 41.6 Å². The van der Waals surface area contributed by atoms with Crippen LogP contribution in [-0.4, -0.2) is 11.5 Å². The summed E-state index contributed by atoms with van der Waals surface area (Å²) in [6.07, 6.45) is 2.77. The summed E-state index contributed by atoms with van der Waals surface area (Å²) in [5.41, 5.74) is 4.10. The van der Waals surface area contributed by atoms with Crippen molar-refractivity contribution in [3.8, 4) is 0 Å². The van der Waals surface area contributed by atoms with E-state index in [1.807, 2.05) is 6.92 Å². The Balaban J connectivity index is 1.65. The van der Waals surface area contributed by atoms with Gasteiger partial charge >= 0.3 is 0 Å². The van der Waals surface area contributed by atoms with Crippen molar-refractivity contribution in [2.24, 2.45) is 11.3 Å². The Kier molecular flexibility index (Phi) is 3.51. The van der Waals surface area contributed by atoms with Gasteiger partial charge in [0.2, 0.25) is 0 Å². The van der Waals surface area contributed by atoms with Crippen LogP contribution in [0.4, 0.5) is 0 Å². The molecular formula is C18H24N2. The lowest BCUT2D eigenvalue weighted by Crippen LogP contribution is -2.27. The number of rotatable bonds is 5. The van der Waals surface area contributed by atoms with Gasteiger partial charge in [-0.25, -0.2) is 0 Å². The summed E-state index contributed by atoms with van der Waals surface area (Å²) in [5, 5.41) is 4.88. The fourth-order valence-corrected chi connectivity index (χ4v) is 2.96. The van der Waals surface area contributed by atoms with E-state index in [0.29, 0.717) is 5.41 Å². The standard InChI is InChI=1S/C18H24N2/c1-13(2)18(8-9-18)12-19-11-15-5-7-17-16(10-15)6-4-14(3)20-17/h4-7,10,13,19H,8-9,11-12H2,1-3H3. The largest absolute Gasteiger partial charge is 0.312 e. The third kappa shape index (κ3) is 2.71. The van der Waals surface area contributed by atoms with E-state index in [0.717, 1.165) is 30.2 Å². The first-order valence-electron chi connectivity index (χ1n) is 7.66. The smallest absolute Gasteiger partial charge is 0.0705 e. The van der Waals surface area contributed by atoms with Crippen molar-refractivity contribution in [1.29, 1.82) is 0 Å². The van der Waals surface area contributed by atoms with Gasteiger partial charge < -0.3 is 5.32 Å². The number of pyridine rings is 1. The SMILES string of the molecule is Cc1ccc2cc(CNCC3(C(C)C)CC3)ccc2n1. The molecule has 2 aromatic rings. The number of nitrogens with zero attached hydrogens (tertiary/aromatic N) is 1. The van der Waals surface area contributed by atoms with Gasteiger partial charge in [-0.2, -0.15) is 0 Å². The molecule has 2 heteroatoms. The van der Waals surface area contributed by atoms with Crippen LogP contribution in [0.1, 0.15) is 37.9 Å². The average molecular weight is 268 g/mol. The molecule has 1 aliphatic rings. The fraction of sp³-hybridized carbons (Fsp3) is 0.500. The normalized spacial score (nSPS) is 16.8. The molecular weight excluding hydrogens is 244 g/mol. The summed E-state index contributed by atoms with van der Waals surface area (Å²) in [6, 6.07) is 10.8. The highest BCUT2D eigenvalue weighted by atomic mass is 14.9. The number of nitrogens with one attached hydrogen (secondary N) is 1. The molecule has 1 fully saturated rings. The van der Waals surface area contributed by atoms with E-state index in [1.165, 1.54) is 23.8 Å². The number of fused-ring (bicyclic) bond motifs is 1. The van der Waals surface area contributed by atoms with Crippen molar-refractivity contribution in [3.63, 3.8) is 0 Å². The second-order valence-electron chi connectivity index (χ2n) is 6.60. The van der Waals surface area contributed by atoms with Gasteiger partial charge in [-0.15, -0.1) is 0 Å². The number of hydrogen-bond donors (Lipinski definition) is 1. The van der Waals surface area contributed by atoms with E-state index in [2.05, 4.69) is 54.5 Å². The quantitative estimate of drug-likeness (QED) is 0.884. The van der Waals surface area contributed by atoms with Crippen LogP contribution < -0.4 is 5.32 Å². The van der Waals surface area contributed by atoms with E-state index >= 15 is 0 Å². The van der Waals surface area contributed by atoms with Gasteiger partial charge in [-0.1, -0.05) is 26.0 Å². The van der Waals surface area contributed by atoms with Crippen LogP contribution >= 0.6 is 0 Å². The van der Waals surface area contributed by atoms with Gasteiger partial charge in [0.25, 0.3) is 0 Å². The average Bonchev–Trinajstić information content (AvgIpc) is 3.20. The molecule has 3 rings (SSSR count). The molecule has 0 radical (unpaired) electrons. The molecule has 0 amide bonds. The molecule has 1 saturated carbocycles. The Morgan fingerprint density at radius 3 is 2.70 bits per heavy atom. The van der Waals surface area contributed by atoms with Gasteiger partial charge in [-0.3, -0.25) is 4.98 Å². The molecule has 0 unspecified atom stereocenters. The molecule has 0 aliphatic heterocycles. The van der Waals surface area contributed by atoms with Crippen LogP contribution in [0.5, 0.6) is 0 Å². The van der Waals surface area contributed by atoms with Crippen LogP contribution in [0.2, 0.25) is 0 Å². The lowest BCUT2D eigenvalue weighted by Gasteiger charge is -2.20. The van der Waals surface area contributed by atoms with E-state index in [-0.39, 0.29) is 0 Å². The monoisotopic (exact) mass is 268 g/mol. The van der Waals surface area contributed by atoms with Gasteiger partial charge in [0, 0.05) is 24.2 Å². The zero-order chi connectivity index (χ0) is 14.2. The van der Waals surface area contributed by atoms with Crippen LogP contribution in [0.3, 0.4) is 0 Å². The summed E-state index contributed by atoms with van der Waals surface area (Å²) in [5.74, 6) is 0.791. The molecule has 0 atom stereocenters. The molecule has 1 aromatic carbocycles. The summed E-state index contributed by atoms with van der Waals surface area (Å²) in [7, 11) is 0. The Labute approximate surface area is 121 Å². The zero-order valence-corrected chi connectivity index (χ0v) is 12.7. The van der Waals surface area contributed by atoms with Crippen molar-refractivity contribution < 1.29 is 0 Å². The van der Waals surface area contributed by atoms with Crippen LogP contribution in [0.15, 0.2) is 30.3 Å². The Morgan fingerprint density at radius 2 is 2.00 bits per heavy atom. The highest BCUT2D eigenvalue weighted by molar-refractivity contribution is 5.79. The summed E-state index contributed by atoms with van der Waals surface area (Å²) >= 11 is 0. The Morgan fingerprint density at radius 1 is 1.20 bits per heavy atom. The second-order valence-corrected chi connectivity index (χ2v) is 6.60. The topological polar surface area (TPSA) is 24.9 Å². The van der Waals surface area contributed by atoms with Crippen molar-refractivity contribution in [2.45, 2.75) is 40.2 Å². The number of benzene rings is 1. The lowest BCUT2D eigenvalue weighted by atomic mass is 9.92. The lowest BCUT2D eigenvalue weighted by molar-refractivity contribution is 0.338. The molecule has 1 aliphatic carbocycles. The first kappa shape index (κ1) is 13.6. The van der Waals surface area contributed by atoms with Crippen molar-refractivity contribution in [2.75, 3.05) is 6.54 Å². The first-order valence-corrected chi connectivity index (χ1v) is 7.66. The van der Waals surface area contributed by atoms with Gasteiger partial charge in [0.15, 0.2) is 0 Å². The number of hydrogen-bond acceptors (Lipinski definition) is 2. The van der Waals surface area contributed by atoms with Crippen molar-refractivity contribution in [1.82, 2.24) is 10.3 Å². The molecule has 2 nitrogen and oxygen atoms in total. The van der Waals surface area contributed by atoms with Gasteiger partial charge in [-0.05, 0) is 54.9 Å². The maximum absolute atomic E-state index is 4.55. The minimum atomic E-state index is 0.579. The van der Waals surface area contributed by atoms with Crippen molar-refractivity contribution >= 4 is 10.9 Å². The molecule has 0 bridgehead atoms. The Bertz CT molecular complexity index is 612. The van der Waals surface area contributed by atoms with E-state index in [4.69, 9.17) is 0 Å². The zero-order valence-electron chi connectivity index (χ0n) is 12.7. The molecule has 1 N–H and O–H groups in total. The predicted molar refractivity (Wildman–Crippen MR) is 84.7 cm³/mol. The fourth-order valence-electron chi connectivity index (χ4n) is 2.96.